The summed E-state index contributed by atoms with van der Waals surface area (Å²) in [4.78, 5) is 13.2. The van der Waals surface area contributed by atoms with Gasteiger partial charge in [-0.25, -0.2) is 8.78 Å². The van der Waals surface area contributed by atoms with Crippen LogP contribution in [0.25, 0.3) is 0 Å². The lowest BCUT2D eigenvalue weighted by Gasteiger charge is -2.62. The fourth-order valence-electron chi connectivity index (χ4n) is 9.76. The third-order valence-corrected chi connectivity index (χ3v) is 11.9. The quantitative estimate of drug-likeness (QED) is 0.467. The molecule has 4 aliphatic carbocycles. The zero-order valence-electron chi connectivity index (χ0n) is 22.2. The van der Waals surface area contributed by atoms with Crippen molar-refractivity contribution in [2.45, 2.75) is 123 Å². The van der Waals surface area contributed by atoms with E-state index in [1.807, 2.05) is 6.92 Å². The fourth-order valence-corrected chi connectivity index (χ4v) is 9.76. The van der Waals surface area contributed by atoms with Crippen molar-refractivity contribution in [2.75, 3.05) is 0 Å². The average molecular weight is 483 g/mol. The maximum absolute atomic E-state index is 16.2. The van der Waals surface area contributed by atoms with E-state index in [2.05, 4.69) is 34.6 Å². The molecule has 0 saturated heterocycles. The van der Waals surface area contributed by atoms with Gasteiger partial charge in [-0.1, -0.05) is 48.0 Å². The topological polar surface area (TPSA) is 57.5 Å². The first kappa shape index (κ1) is 26.5. The van der Waals surface area contributed by atoms with Crippen LogP contribution in [-0.2, 0) is 4.79 Å². The van der Waals surface area contributed by atoms with Gasteiger partial charge < -0.3 is 10.2 Å². The van der Waals surface area contributed by atoms with E-state index in [-0.39, 0.29) is 53.6 Å². The highest BCUT2D eigenvalue weighted by Gasteiger charge is 2.69. The van der Waals surface area contributed by atoms with E-state index in [4.69, 9.17) is 0 Å². The van der Waals surface area contributed by atoms with Gasteiger partial charge >= 0.3 is 0 Å². The van der Waals surface area contributed by atoms with E-state index in [0.29, 0.717) is 24.7 Å². The molecule has 5 heteroatoms. The Morgan fingerprint density at radius 1 is 1.00 bits per heavy atom. The number of carbonyl (C=O) groups excluding carboxylic acids is 1. The highest BCUT2D eigenvalue weighted by molar-refractivity contribution is 5.90. The molecule has 3 unspecified atom stereocenters. The molecule has 4 rings (SSSR count). The number of fused-ring (bicyclic) bond motifs is 5. The lowest BCUT2D eigenvalue weighted by atomic mass is 9.43. The van der Waals surface area contributed by atoms with Crippen LogP contribution in [0.4, 0.5) is 8.78 Å². The van der Waals surface area contributed by atoms with Gasteiger partial charge in [0.05, 0.1) is 12.2 Å². The average Bonchev–Trinajstić information content (AvgIpc) is 3.12. The number of halogens is 2. The Balaban J connectivity index is 1.57. The second-order valence-electron chi connectivity index (χ2n) is 13.4. The van der Waals surface area contributed by atoms with Gasteiger partial charge in [-0.15, -0.1) is 0 Å². The van der Waals surface area contributed by atoms with Gasteiger partial charge in [0.2, 0.25) is 0 Å². The van der Waals surface area contributed by atoms with Crippen LogP contribution in [-0.4, -0.2) is 40.0 Å². The summed E-state index contributed by atoms with van der Waals surface area (Å²) >= 11 is 0. The van der Waals surface area contributed by atoms with Gasteiger partial charge in [-0.05, 0) is 85.4 Å². The van der Waals surface area contributed by atoms with Crippen molar-refractivity contribution in [2.24, 2.45) is 52.3 Å². The molecule has 0 aliphatic heterocycles. The van der Waals surface area contributed by atoms with Crippen molar-refractivity contribution >= 4 is 5.78 Å². The summed E-state index contributed by atoms with van der Waals surface area (Å²) in [6, 6.07) is 0. The maximum Gasteiger partial charge on any atom is 0.177 e. The normalized spacial score (nSPS) is 48.0. The molecule has 0 aromatic rings. The number of hydrogen-bond acceptors (Lipinski definition) is 3. The van der Waals surface area contributed by atoms with Gasteiger partial charge in [-0.2, -0.15) is 0 Å². The van der Waals surface area contributed by atoms with Crippen LogP contribution >= 0.6 is 0 Å². The highest BCUT2D eigenvalue weighted by Crippen LogP contribution is 2.69. The number of alkyl halides is 2. The smallest absolute Gasteiger partial charge is 0.177 e. The summed E-state index contributed by atoms with van der Waals surface area (Å²) < 4.78 is 30.4. The van der Waals surface area contributed by atoms with Crippen LogP contribution in [0.5, 0.6) is 0 Å². The molecule has 4 fully saturated rings. The number of Topliss-reactive ketones (excluding diaryl/α,β-unsaturated/α-hetero) is 1. The molecule has 0 heterocycles. The van der Waals surface area contributed by atoms with Crippen molar-refractivity contribution in [3.8, 4) is 0 Å². The first-order valence-corrected chi connectivity index (χ1v) is 14.0. The van der Waals surface area contributed by atoms with Crippen LogP contribution in [0, 0.1) is 52.3 Å². The summed E-state index contributed by atoms with van der Waals surface area (Å²) in [5, 5.41) is 22.3. The van der Waals surface area contributed by atoms with E-state index >= 15 is 4.39 Å². The van der Waals surface area contributed by atoms with Gasteiger partial charge in [0.1, 0.15) is 6.17 Å². The van der Waals surface area contributed by atoms with Gasteiger partial charge in [0.15, 0.2) is 11.5 Å². The van der Waals surface area contributed by atoms with Crippen LogP contribution in [0.15, 0.2) is 0 Å². The van der Waals surface area contributed by atoms with Gasteiger partial charge in [-0.3, -0.25) is 4.79 Å². The molecule has 34 heavy (non-hydrogen) atoms. The lowest BCUT2D eigenvalue weighted by molar-refractivity contribution is -0.189. The van der Waals surface area contributed by atoms with Crippen molar-refractivity contribution in [1.82, 2.24) is 0 Å². The minimum Gasteiger partial charge on any atom is -0.390 e. The molecule has 0 bridgehead atoms. The zero-order valence-corrected chi connectivity index (χ0v) is 22.2. The van der Waals surface area contributed by atoms with Crippen LogP contribution in [0.2, 0.25) is 0 Å². The Morgan fingerprint density at radius 2 is 1.68 bits per heavy atom. The number of ketones is 1. The molecule has 12 atom stereocenters. The number of hydrogen-bond donors (Lipinski definition) is 2. The molecule has 0 aromatic carbocycles. The van der Waals surface area contributed by atoms with E-state index in [1.54, 1.807) is 0 Å². The van der Waals surface area contributed by atoms with Crippen LogP contribution < -0.4 is 0 Å². The van der Waals surface area contributed by atoms with Crippen LogP contribution in [0.3, 0.4) is 0 Å². The third kappa shape index (κ3) is 3.73. The number of aliphatic hydroxyl groups excluding tert-OH is 2. The number of rotatable bonds is 6. The van der Waals surface area contributed by atoms with E-state index in [0.717, 1.165) is 32.1 Å². The first-order valence-electron chi connectivity index (χ1n) is 14.0. The van der Waals surface area contributed by atoms with Crippen molar-refractivity contribution in [3.05, 3.63) is 0 Å². The summed E-state index contributed by atoms with van der Waals surface area (Å²) in [7, 11) is 0. The Labute approximate surface area is 205 Å². The number of aliphatic hydroxyl groups is 2. The van der Waals surface area contributed by atoms with E-state index < -0.39 is 29.5 Å². The van der Waals surface area contributed by atoms with Gasteiger partial charge in [0.25, 0.3) is 0 Å². The molecule has 2 N–H and O–H groups in total. The minimum absolute atomic E-state index is 0.0227. The number of carbonyl (C=O) groups is 1. The monoisotopic (exact) mass is 482 g/mol. The second-order valence-corrected chi connectivity index (χ2v) is 13.4. The zero-order chi connectivity index (χ0) is 25.2. The predicted molar refractivity (Wildman–Crippen MR) is 131 cm³/mol. The summed E-state index contributed by atoms with van der Waals surface area (Å²) in [6.07, 6.45) is 2.71. The second kappa shape index (κ2) is 9.08. The summed E-state index contributed by atoms with van der Waals surface area (Å²) in [5.41, 5.74) is -2.80. The molecular weight excluding hydrogens is 434 g/mol. The molecule has 0 spiro atoms. The van der Waals surface area contributed by atoms with Crippen molar-refractivity contribution < 1.29 is 23.8 Å². The summed E-state index contributed by atoms with van der Waals surface area (Å²) in [6.45, 7) is 12.6. The molecule has 0 aromatic heterocycles. The highest BCUT2D eigenvalue weighted by atomic mass is 19.2. The lowest BCUT2D eigenvalue weighted by Crippen LogP contribution is -2.65. The van der Waals surface area contributed by atoms with Gasteiger partial charge in [0, 0.05) is 18.3 Å². The molecular formula is C29H48F2O3. The first-order chi connectivity index (χ1) is 15.8. The van der Waals surface area contributed by atoms with Crippen LogP contribution in [0.1, 0.15) is 99.3 Å². The molecule has 3 nitrogen and oxygen atoms in total. The predicted octanol–water partition coefficient (Wildman–Crippen LogP) is 6.29. The minimum atomic E-state index is -2.02. The molecule has 0 radical (unpaired) electrons. The SMILES string of the molecule is CC[C@@H](C(C)C)[C@@H](O)[C@H](O)[C@@H](C)[C@H]1CCC2C3CC(=O)[C@@]4(F)C[C@@H](F)CC[C@]4(C)C3CC[C@@]21C. The Kier molecular flexibility index (Phi) is 7.08. The Bertz CT molecular complexity index is 772. The third-order valence-electron chi connectivity index (χ3n) is 11.9. The van der Waals surface area contributed by atoms with Crippen molar-refractivity contribution in [3.63, 3.8) is 0 Å². The standard InChI is InChI=1S/C29H48F2O3/c1-7-19(16(2)3)26(34)25(33)17(4)21-8-9-22-20-14-24(32)29(31)15-18(30)10-13-28(29,6)23(20)11-12-27(21,22)5/h16-23,25-26,33-34H,7-15H2,1-6H3/t17-,18-,19-,20?,21+,22?,23?,25+,26+,27+,28+,29-/m0/s1. The van der Waals surface area contributed by atoms with Crippen molar-refractivity contribution in [1.29, 1.82) is 0 Å². The summed E-state index contributed by atoms with van der Waals surface area (Å²) in [5.74, 6) is 0.836. The molecule has 4 saturated carbocycles. The molecule has 196 valence electrons. The Hall–Kier alpha value is -0.550. The largest absolute Gasteiger partial charge is 0.390 e. The molecule has 0 amide bonds. The van der Waals surface area contributed by atoms with E-state index in [9.17, 15) is 19.4 Å². The Morgan fingerprint density at radius 3 is 2.29 bits per heavy atom. The van der Waals surface area contributed by atoms with E-state index in [1.165, 1.54) is 0 Å². The fraction of sp³-hybridized carbons (Fsp3) is 0.966. The maximum atomic E-state index is 16.2. The molecule has 4 aliphatic rings.